The highest BCUT2D eigenvalue weighted by molar-refractivity contribution is 6.07. The smallest absolute Gasteiger partial charge is 0.475 e. The predicted octanol–water partition coefficient (Wildman–Crippen LogP) is 8.86. The van der Waals surface area contributed by atoms with E-state index in [4.69, 9.17) is 9.90 Å². The highest BCUT2D eigenvalue weighted by Gasteiger charge is 2.44. The van der Waals surface area contributed by atoms with Crippen molar-refractivity contribution in [1.82, 2.24) is 25.4 Å². The Bertz CT molecular complexity index is 1740. The Balaban J connectivity index is 0.000000598. The highest BCUT2D eigenvalue weighted by atomic mass is 19.4. The first-order valence-electron chi connectivity index (χ1n) is 21.1. The summed E-state index contributed by atoms with van der Waals surface area (Å²) >= 11 is 0. The Hall–Kier alpha value is -4.29. The summed E-state index contributed by atoms with van der Waals surface area (Å²) in [6, 6.07) is 22.6. The molecule has 9 rings (SSSR count). The molecule has 2 saturated heterocycles. The molecule has 2 saturated carbocycles. The van der Waals surface area contributed by atoms with Crippen LogP contribution in [-0.4, -0.2) is 69.0 Å². The number of carboxylic acid groups (broad SMARTS) is 1. The van der Waals surface area contributed by atoms with Crippen LogP contribution in [0.5, 0.6) is 0 Å². The van der Waals surface area contributed by atoms with E-state index in [-0.39, 0.29) is 23.9 Å². The van der Waals surface area contributed by atoms with Crippen LogP contribution in [-0.2, 0) is 4.79 Å². The fourth-order valence-corrected chi connectivity index (χ4v) is 11.1. The maximum Gasteiger partial charge on any atom is 0.490 e. The SMILES string of the molecule is O=C(N[C@H]1CC[C@H](CCN2[C@@H]3CC[C@H]2c2ccccc23)CC1)c1ccncc1C(=O)N[C@H]1CC[C@H](CCN2[C@@H]3CC[C@H]2c2ccccc23)CC1.O=C(O)C(F)(F)F. The molecule has 4 fully saturated rings. The molecular weight excluding hydrogens is 732 g/mol. The lowest BCUT2D eigenvalue weighted by Crippen LogP contribution is -2.41. The fraction of sp³-hybridized carbons (Fsp3) is 0.556. The number of amides is 2. The number of carbonyl (C=O) groups is 3. The molecule has 9 nitrogen and oxygen atoms in total. The molecule has 4 atom stereocenters. The van der Waals surface area contributed by atoms with E-state index >= 15 is 0 Å². The fourth-order valence-electron chi connectivity index (χ4n) is 11.1. The monoisotopic (exact) mass is 785 g/mol. The van der Waals surface area contributed by atoms with Gasteiger partial charge in [0.15, 0.2) is 0 Å². The number of fused-ring (bicyclic) bond motifs is 10. The Morgan fingerprint density at radius 1 is 0.596 bits per heavy atom. The third-order valence-electron chi connectivity index (χ3n) is 14.0. The molecule has 3 N–H and O–H groups in total. The number of halogens is 3. The average molecular weight is 786 g/mol. The molecule has 304 valence electrons. The highest BCUT2D eigenvalue weighted by Crippen LogP contribution is 2.54. The lowest BCUT2D eigenvalue weighted by Gasteiger charge is -2.32. The second kappa shape index (κ2) is 16.9. The van der Waals surface area contributed by atoms with Gasteiger partial charge in [0, 0.05) is 48.6 Å². The summed E-state index contributed by atoms with van der Waals surface area (Å²) in [6.45, 7) is 2.35. The number of rotatable bonds is 10. The molecule has 2 aromatic carbocycles. The van der Waals surface area contributed by atoms with Crippen LogP contribution in [0.1, 0.15) is 157 Å². The van der Waals surface area contributed by atoms with Gasteiger partial charge >= 0.3 is 12.1 Å². The van der Waals surface area contributed by atoms with Gasteiger partial charge in [-0.2, -0.15) is 13.2 Å². The molecule has 0 radical (unpaired) electrons. The summed E-state index contributed by atoms with van der Waals surface area (Å²) in [4.78, 5) is 45.7. The molecule has 0 unspecified atom stereocenters. The number of benzene rings is 2. The Labute approximate surface area is 332 Å². The van der Waals surface area contributed by atoms with Gasteiger partial charge in [-0.25, -0.2) is 4.79 Å². The summed E-state index contributed by atoms with van der Waals surface area (Å²) in [5.41, 5.74) is 7.09. The molecule has 2 aliphatic carbocycles. The van der Waals surface area contributed by atoms with Gasteiger partial charge in [0.25, 0.3) is 11.8 Å². The van der Waals surface area contributed by atoms with E-state index in [1.165, 1.54) is 51.6 Å². The van der Waals surface area contributed by atoms with Crippen molar-refractivity contribution in [2.75, 3.05) is 13.1 Å². The summed E-state index contributed by atoms with van der Waals surface area (Å²) < 4.78 is 31.7. The minimum atomic E-state index is -5.08. The number of hydrogen-bond acceptors (Lipinski definition) is 6. The van der Waals surface area contributed by atoms with Crippen LogP contribution in [0.2, 0.25) is 0 Å². The molecule has 2 amide bonds. The first-order valence-corrected chi connectivity index (χ1v) is 21.1. The van der Waals surface area contributed by atoms with E-state index < -0.39 is 12.1 Å². The lowest BCUT2D eigenvalue weighted by atomic mass is 9.83. The third-order valence-corrected chi connectivity index (χ3v) is 14.0. The van der Waals surface area contributed by atoms with Crippen molar-refractivity contribution < 1.29 is 32.7 Å². The van der Waals surface area contributed by atoms with Crippen LogP contribution >= 0.6 is 0 Å². The van der Waals surface area contributed by atoms with E-state index in [0.29, 0.717) is 41.2 Å². The van der Waals surface area contributed by atoms with Gasteiger partial charge in [0.2, 0.25) is 0 Å². The van der Waals surface area contributed by atoms with Crippen LogP contribution in [0.25, 0.3) is 0 Å². The molecular formula is C45H54F3N5O4. The topological polar surface area (TPSA) is 115 Å². The number of hydrogen-bond donors (Lipinski definition) is 3. The van der Waals surface area contributed by atoms with Crippen molar-refractivity contribution >= 4 is 17.8 Å². The van der Waals surface area contributed by atoms with Crippen LogP contribution in [0.4, 0.5) is 13.2 Å². The largest absolute Gasteiger partial charge is 0.490 e. The number of nitrogens with zero attached hydrogens (tertiary/aromatic N) is 3. The van der Waals surface area contributed by atoms with Gasteiger partial charge in [-0.3, -0.25) is 24.4 Å². The van der Waals surface area contributed by atoms with E-state index in [1.807, 2.05) is 0 Å². The number of nitrogens with one attached hydrogen (secondary N) is 2. The zero-order valence-corrected chi connectivity index (χ0v) is 32.4. The standard InChI is InChI=1S/C43H53N5O2.C2HF3O2/c49-42(45-30-13-9-28(10-14-30)22-25-47-38-17-18-39(47)33-6-2-1-5-32(33)38)36-21-24-44-27-37(36)43(50)46-31-15-11-29(12-16-31)23-26-48-40-19-20-41(48)35-8-4-3-7-34(35)40;3-2(4,5)1(6)7/h1-8,21,24,27-31,38-41H,9-20,22-23,25-26H2,(H,45,49)(H,46,50);(H,6,7)/t28-,29-,30-,31-,38-,39+,40-,41+;. The summed E-state index contributed by atoms with van der Waals surface area (Å²) in [5, 5.41) is 13.7. The van der Waals surface area contributed by atoms with Gasteiger partial charge in [0.1, 0.15) is 0 Å². The van der Waals surface area contributed by atoms with Crippen molar-refractivity contribution in [3.63, 3.8) is 0 Å². The minimum Gasteiger partial charge on any atom is -0.475 e. The zero-order chi connectivity index (χ0) is 39.7. The predicted molar refractivity (Wildman–Crippen MR) is 209 cm³/mol. The second-order valence-corrected chi connectivity index (χ2v) is 17.1. The van der Waals surface area contributed by atoms with Crippen molar-refractivity contribution in [1.29, 1.82) is 0 Å². The molecule has 1 aromatic heterocycles. The first-order chi connectivity index (χ1) is 27.5. The molecule has 5 heterocycles. The number of carboxylic acids is 1. The number of carbonyl (C=O) groups excluding carboxylic acids is 2. The quantitative estimate of drug-likeness (QED) is 0.188. The Kier molecular flexibility index (Phi) is 11.7. The molecule has 3 aromatic rings. The summed E-state index contributed by atoms with van der Waals surface area (Å²) in [5.74, 6) is -1.63. The Morgan fingerprint density at radius 2 is 0.965 bits per heavy atom. The molecule has 4 aliphatic heterocycles. The maximum absolute atomic E-state index is 13.5. The van der Waals surface area contributed by atoms with Crippen LogP contribution in [0.15, 0.2) is 67.0 Å². The van der Waals surface area contributed by atoms with Gasteiger partial charge < -0.3 is 15.7 Å². The van der Waals surface area contributed by atoms with Crippen molar-refractivity contribution in [2.45, 2.75) is 132 Å². The number of pyridine rings is 1. The number of alkyl halides is 3. The van der Waals surface area contributed by atoms with Gasteiger partial charge in [-0.1, -0.05) is 48.5 Å². The zero-order valence-electron chi connectivity index (χ0n) is 32.4. The van der Waals surface area contributed by atoms with Crippen LogP contribution in [0, 0.1) is 11.8 Å². The van der Waals surface area contributed by atoms with E-state index in [1.54, 1.807) is 40.7 Å². The number of aliphatic carboxylic acids is 1. The average Bonchev–Trinajstić information content (AvgIpc) is 3.98. The van der Waals surface area contributed by atoms with Crippen LogP contribution in [0.3, 0.4) is 0 Å². The second-order valence-electron chi connectivity index (χ2n) is 17.1. The minimum absolute atomic E-state index is 0.144. The summed E-state index contributed by atoms with van der Waals surface area (Å²) in [6.07, 6.45) is 14.4. The van der Waals surface area contributed by atoms with Gasteiger partial charge in [-0.05, 0) is 143 Å². The van der Waals surface area contributed by atoms with Crippen molar-refractivity contribution in [2.24, 2.45) is 11.8 Å². The van der Waals surface area contributed by atoms with Crippen LogP contribution < -0.4 is 10.6 Å². The van der Waals surface area contributed by atoms with Gasteiger partial charge in [0.05, 0.1) is 11.1 Å². The Morgan fingerprint density at radius 3 is 1.33 bits per heavy atom. The van der Waals surface area contributed by atoms with E-state index in [9.17, 15) is 22.8 Å². The van der Waals surface area contributed by atoms with Gasteiger partial charge in [-0.15, -0.1) is 0 Å². The van der Waals surface area contributed by atoms with Crippen molar-refractivity contribution in [3.05, 3.63) is 100 Å². The first kappa shape index (κ1) is 39.5. The molecule has 4 bridgehead atoms. The lowest BCUT2D eigenvalue weighted by molar-refractivity contribution is -0.192. The maximum atomic E-state index is 13.5. The molecule has 57 heavy (non-hydrogen) atoms. The molecule has 12 heteroatoms. The van der Waals surface area contributed by atoms with E-state index in [2.05, 4.69) is 73.9 Å². The van der Waals surface area contributed by atoms with Crippen molar-refractivity contribution in [3.8, 4) is 0 Å². The number of aromatic nitrogens is 1. The molecule has 6 aliphatic rings. The summed E-state index contributed by atoms with van der Waals surface area (Å²) in [7, 11) is 0. The third kappa shape index (κ3) is 8.49. The van der Waals surface area contributed by atoms with E-state index in [0.717, 1.165) is 57.3 Å². The normalized spacial score (nSPS) is 28.9. The molecule has 0 spiro atoms.